The molecule has 0 saturated heterocycles. The third-order valence-electron chi connectivity index (χ3n) is 3.01. The SMILES string of the molecule is COc1c(C(C)C)cc(Cl)cc1C(N)CCC(=O)O. The molecule has 0 aliphatic carbocycles. The average Bonchev–Trinajstić information content (AvgIpc) is 2.34. The maximum atomic E-state index is 10.6. The molecule has 0 heterocycles. The number of hydrogen-bond donors (Lipinski definition) is 2. The number of carbonyl (C=O) groups is 1. The van der Waals surface area contributed by atoms with E-state index in [2.05, 4.69) is 0 Å². The number of aliphatic carboxylic acids is 1. The van der Waals surface area contributed by atoms with Gasteiger partial charge in [-0.15, -0.1) is 0 Å². The number of carboxylic acid groups (broad SMARTS) is 1. The van der Waals surface area contributed by atoms with E-state index in [-0.39, 0.29) is 12.3 Å². The number of methoxy groups -OCH3 is 1. The number of benzene rings is 1. The van der Waals surface area contributed by atoms with Gasteiger partial charge in [-0.25, -0.2) is 0 Å². The van der Waals surface area contributed by atoms with E-state index in [4.69, 9.17) is 27.2 Å². The fourth-order valence-corrected chi connectivity index (χ4v) is 2.25. The number of halogens is 1. The highest BCUT2D eigenvalue weighted by atomic mass is 35.5. The van der Waals surface area contributed by atoms with Crippen molar-refractivity contribution in [1.82, 2.24) is 0 Å². The molecular weight excluding hydrogens is 266 g/mol. The second-order valence-corrected chi connectivity index (χ2v) is 5.25. The van der Waals surface area contributed by atoms with Crippen molar-refractivity contribution >= 4 is 17.6 Å². The van der Waals surface area contributed by atoms with Gasteiger partial charge in [-0.05, 0) is 30.0 Å². The van der Waals surface area contributed by atoms with Gasteiger partial charge in [-0.3, -0.25) is 4.79 Å². The number of rotatable bonds is 6. The van der Waals surface area contributed by atoms with Crippen molar-refractivity contribution in [2.24, 2.45) is 5.73 Å². The van der Waals surface area contributed by atoms with E-state index < -0.39 is 12.0 Å². The molecule has 4 nitrogen and oxygen atoms in total. The zero-order chi connectivity index (χ0) is 14.6. The summed E-state index contributed by atoms with van der Waals surface area (Å²) >= 11 is 6.10. The van der Waals surface area contributed by atoms with E-state index >= 15 is 0 Å². The van der Waals surface area contributed by atoms with Gasteiger partial charge in [0.2, 0.25) is 0 Å². The molecule has 0 spiro atoms. The Morgan fingerprint density at radius 1 is 1.42 bits per heavy atom. The molecule has 19 heavy (non-hydrogen) atoms. The van der Waals surface area contributed by atoms with Crippen LogP contribution in [0.2, 0.25) is 5.02 Å². The van der Waals surface area contributed by atoms with Crippen LogP contribution in [0.15, 0.2) is 12.1 Å². The summed E-state index contributed by atoms with van der Waals surface area (Å²) in [5, 5.41) is 9.31. The van der Waals surface area contributed by atoms with E-state index in [1.807, 2.05) is 19.9 Å². The van der Waals surface area contributed by atoms with Crippen LogP contribution in [0.4, 0.5) is 0 Å². The lowest BCUT2D eigenvalue weighted by molar-refractivity contribution is -0.137. The van der Waals surface area contributed by atoms with Crippen LogP contribution < -0.4 is 10.5 Å². The number of ether oxygens (including phenoxy) is 1. The Kier molecular flexibility index (Phi) is 5.63. The lowest BCUT2D eigenvalue weighted by Gasteiger charge is -2.20. The molecular formula is C14H20ClNO3. The molecule has 0 aromatic heterocycles. The van der Waals surface area contributed by atoms with Crippen molar-refractivity contribution in [3.63, 3.8) is 0 Å². The topological polar surface area (TPSA) is 72.5 Å². The molecule has 0 aliphatic rings. The molecule has 1 rings (SSSR count). The molecule has 5 heteroatoms. The third-order valence-corrected chi connectivity index (χ3v) is 3.22. The normalized spacial score (nSPS) is 12.5. The molecule has 0 aliphatic heterocycles. The Balaban J connectivity index is 3.14. The Labute approximate surface area is 118 Å². The molecule has 1 aromatic rings. The summed E-state index contributed by atoms with van der Waals surface area (Å²) in [5.74, 6) is 0.0943. The molecule has 0 fully saturated rings. The van der Waals surface area contributed by atoms with Gasteiger partial charge in [0.05, 0.1) is 7.11 Å². The molecule has 0 bridgehead atoms. The first-order chi connectivity index (χ1) is 8.86. The Bertz CT molecular complexity index is 460. The summed E-state index contributed by atoms with van der Waals surface area (Å²) in [6.45, 7) is 4.08. The first-order valence-electron chi connectivity index (χ1n) is 6.21. The highest BCUT2D eigenvalue weighted by molar-refractivity contribution is 6.30. The zero-order valence-electron chi connectivity index (χ0n) is 11.4. The predicted molar refractivity (Wildman–Crippen MR) is 75.9 cm³/mol. The van der Waals surface area contributed by atoms with Crippen LogP contribution in [-0.4, -0.2) is 18.2 Å². The maximum Gasteiger partial charge on any atom is 0.303 e. The van der Waals surface area contributed by atoms with E-state index in [0.717, 1.165) is 11.1 Å². The minimum absolute atomic E-state index is 0.0217. The largest absolute Gasteiger partial charge is 0.496 e. The highest BCUT2D eigenvalue weighted by Crippen LogP contribution is 2.36. The summed E-state index contributed by atoms with van der Waals surface area (Å²) in [5.41, 5.74) is 7.80. The summed E-state index contributed by atoms with van der Waals surface area (Å²) in [7, 11) is 1.59. The lowest BCUT2D eigenvalue weighted by Crippen LogP contribution is -2.14. The first kappa shape index (κ1) is 15.8. The molecule has 0 amide bonds. The molecule has 0 saturated carbocycles. The third kappa shape index (κ3) is 4.11. The smallest absolute Gasteiger partial charge is 0.303 e. The maximum absolute atomic E-state index is 10.6. The fraction of sp³-hybridized carbons (Fsp3) is 0.500. The van der Waals surface area contributed by atoms with Crippen molar-refractivity contribution in [2.75, 3.05) is 7.11 Å². The van der Waals surface area contributed by atoms with Crippen molar-refractivity contribution < 1.29 is 14.6 Å². The van der Waals surface area contributed by atoms with Gasteiger partial charge in [0.25, 0.3) is 0 Å². The van der Waals surface area contributed by atoms with Crippen LogP contribution in [0.25, 0.3) is 0 Å². The zero-order valence-corrected chi connectivity index (χ0v) is 12.2. The van der Waals surface area contributed by atoms with Gasteiger partial charge in [0.15, 0.2) is 0 Å². The van der Waals surface area contributed by atoms with Crippen molar-refractivity contribution in [2.45, 2.75) is 38.6 Å². The minimum atomic E-state index is -0.861. The van der Waals surface area contributed by atoms with Crippen LogP contribution in [0.1, 0.15) is 49.8 Å². The fourth-order valence-electron chi connectivity index (χ4n) is 2.01. The minimum Gasteiger partial charge on any atom is -0.496 e. The Morgan fingerprint density at radius 3 is 2.47 bits per heavy atom. The van der Waals surface area contributed by atoms with E-state index in [1.54, 1.807) is 13.2 Å². The standard InChI is InChI=1S/C14H20ClNO3/c1-8(2)10-6-9(15)7-11(14(10)19-3)12(16)4-5-13(17)18/h6-8,12H,4-5,16H2,1-3H3,(H,17,18). The molecule has 106 valence electrons. The number of nitrogens with two attached hydrogens (primary N) is 1. The number of carboxylic acids is 1. The first-order valence-corrected chi connectivity index (χ1v) is 6.59. The van der Waals surface area contributed by atoms with Gasteiger partial charge in [-0.1, -0.05) is 25.4 Å². The van der Waals surface area contributed by atoms with E-state index in [0.29, 0.717) is 17.2 Å². The van der Waals surface area contributed by atoms with Gasteiger partial charge in [-0.2, -0.15) is 0 Å². The summed E-state index contributed by atoms with van der Waals surface area (Å²) in [4.78, 5) is 10.6. The van der Waals surface area contributed by atoms with Gasteiger partial charge < -0.3 is 15.6 Å². The summed E-state index contributed by atoms with van der Waals surface area (Å²) in [6, 6.07) is 3.21. The molecule has 1 atom stereocenters. The van der Waals surface area contributed by atoms with Gasteiger partial charge in [0, 0.05) is 23.0 Å². The predicted octanol–water partition coefficient (Wildman–Crippen LogP) is 3.34. The van der Waals surface area contributed by atoms with Gasteiger partial charge >= 0.3 is 5.97 Å². The van der Waals surface area contributed by atoms with Crippen LogP contribution in [0.5, 0.6) is 5.75 Å². The Hall–Kier alpha value is -1.26. The van der Waals surface area contributed by atoms with Crippen LogP contribution >= 0.6 is 11.6 Å². The monoisotopic (exact) mass is 285 g/mol. The van der Waals surface area contributed by atoms with Crippen LogP contribution in [0.3, 0.4) is 0 Å². The quantitative estimate of drug-likeness (QED) is 0.841. The lowest BCUT2D eigenvalue weighted by atomic mass is 9.94. The van der Waals surface area contributed by atoms with Crippen molar-refractivity contribution in [1.29, 1.82) is 0 Å². The average molecular weight is 286 g/mol. The molecule has 1 aromatic carbocycles. The second kappa shape index (κ2) is 6.78. The highest BCUT2D eigenvalue weighted by Gasteiger charge is 2.19. The summed E-state index contributed by atoms with van der Waals surface area (Å²) < 4.78 is 5.43. The molecule has 3 N–H and O–H groups in total. The molecule has 1 unspecified atom stereocenters. The van der Waals surface area contributed by atoms with E-state index in [9.17, 15) is 4.79 Å². The summed E-state index contributed by atoms with van der Waals surface area (Å²) in [6.07, 6.45) is 0.372. The Morgan fingerprint density at radius 2 is 2.00 bits per heavy atom. The van der Waals surface area contributed by atoms with Crippen LogP contribution in [-0.2, 0) is 4.79 Å². The van der Waals surface area contributed by atoms with E-state index in [1.165, 1.54) is 0 Å². The second-order valence-electron chi connectivity index (χ2n) is 4.81. The van der Waals surface area contributed by atoms with Gasteiger partial charge in [0.1, 0.15) is 5.75 Å². The van der Waals surface area contributed by atoms with Crippen LogP contribution in [0, 0.1) is 0 Å². The van der Waals surface area contributed by atoms with Crippen molar-refractivity contribution in [3.05, 3.63) is 28.3 Å². The number of hydrogen-bond acceptors (Lipinski definition) is 3. The van der Waals surface area contributed by atoms with Crippen molar-refractivity contribution in [3.8, 4) is 5.75 Å². The molecule has 0 radical (unpaired) electrons.